The van der Waals surface area contributed by atoms with Crippen LogP contribution >= 0.6 is 0 Å². The summed E-state index contributed by atoms with van der Waals surface area (Å²) >= 11 is 0. The largest absolute Gasteiger partial charge is 0.481 e. The first-order chi connectivity index (χ1) is 9.12. The molecule has 1 aromatic heterocycles. The Kier molecular flexibility index (Phi) is 6.29. The number of nitrogens with zero attached hydrogens (tertiary/aromatic N) is 2. The lowest BCUT2D eigenvalue weighted by Crippen LogP contribution is -2.44. The summed E-state index contributed by atoms with van der Waals surface area (Å²) in [6.45, 7) is 7.96. The lowest BCUT2D eigenvalue weighted by molar-refractivity contribution is -0.132. The van der Waals surface area contributed by atoms with Gasteiger partial charge in [0.15, 0.2) is 0 Å². The highest BCUT2D eigenvalue weighted by Crippen LogP contribution is 2.06. The molecule has 106 valence electrons. The minimum absolute atomic E-state index is 0.131. The molecule has 0 aliphatic rings. The molecule has 0 aliphatic heterocycles. The first-order valence-electron chi connectivity index (χ1n) is 6.63. The first-order valence-corrected chi connectivity index (χ1v) is 6.63. The van der Waals surface area contributed by atoms with Crippen LogP contribution in [0.3, 0.4) is 0 Å². The number of nitrogens with one attached hydrogen (secondary N) is 1. The number of carbonyl (C=O) groups is 1. The van der Waals surface area contributed by atoms with Crippen molar-refractivity contribution in [2.24, 2.45) is 0 Å². The third kappa shape index (κ3) is 4.52. The van der Waals surface area contributed by atoms with Crippen molar-refractivity contribution in [1.82, 2.24) is 15.2 Å². The van der Waals surface area contributed by atoms with E-state index in [-0.39, 0.29) is 11.9 Å². The van der Waals surface area contributed by atoms with Crippen LogP contribution in [0.15, 0.2) is 18.3 Å². The molecular weight excluding hydrogens is 242 g/mol. The minimum atomic E-state index is -0.193. The number of likely N-dealkylation sites (N-methyl/N-ethyl adjacent to an activating group) is 1. The number of amides is 1. The Morgan fingerprint density at radius 3 is 2.58 bits per heavy atom. The number of hydrogen-bond donors (Lipinski definition) is 1. The van der Waals surface area contributed by atoms with E-state index in [0.717, 1.165) is 18.7 Å². The molecule has 0 saturated carbocycles. The van der Waals surface area contributed by atoms with Crippen LogP contribution in [0.4, 0.5) is 0 Å². The number of rotatable bonds is 7. The summed E-state index contributed by atoms with van der Waals surface area (Å²) in [7, 11) is 1.59. The summed E-state index contributed by atoms with van der Waals surface area (Å²) in [5.41, 5.74) is 1.03. The Bertz CT molecular complexity index is 388. The second-order valence-corrected chi connectivity index (χ2v) is 4.32. The van der Waals surface area contributed by atoms with Crippen LogP contribution in [0.2, 0.25) is 0 Å². The highest BCUT2D eigenvalue weighted by Gasteiger charge is 2.17. The molecular formula is C14H23N3O2. The van der Waals surface area contributed by atoms with Gasteiger partial charge < -0.3 is 15.0 Å². The predicted octanol–water partition coefficient (Wildman–Crippen LogP) is 1.44. The van der Waals surface area contributed by atoms with Crippen LogP contribution in [0, 0.1) is 0 Å². The summed E-state index contributed by atoms with van der Waals surface area (Å²) in [6.07, 6.45) is 1.75. The zero-order valence-electron chi connectivity index (χ0n) is 12.1. The molecule has 1 rings (SSSR count). The topological polar surface area (TPSA) is 54.5 Å². The molecule has 0 aliphatic carbocycles. The van der Waals surface area contributed by atoms with Crippen LogP contribution < -0.4 is 10.1 Å². The van der Waals surface area contributed by atoms with Crippen LogP contribution in [-0.2, 0) is 11.3 Å². The molecule has 1 unspecified atom stereocenters. The van der Waals surface area contributed by atoms with E-state index in [4.69, 9.17) is 4.74 Å². The highest BCUT2D eigenvalue weighted by atomic mass is 16.5. The molecule has 0 radical (unpaired) electrons. The molecule has 19 heavy (non-hydrogen) atoms. The second kappa shape index (κ2) is 7.74. The fraction of sp³-hybridized carbons (Fsp3) is 0.571. The van der Waals surface area contributed by atoms with Crippen LogP contribution in [0.1, 0.15) is 26.3 Å². The van der Waals surface area contributed by atoms with Crippen molar-refractivity contribution >= 4 is 5.91 Å². The number of carbonyl (C=O) groups excluding carboxylic acids is 1. The van der Waals surface area contributed by atoms with Crippen molar-refractivity contribution in [2.45, 2.75) is 33.4 Å². The van der Waals surface area contributed by atoms with Crippen LogP contribution in [0.25, 0.3) is 0 Å². The molecule has 0 fully saturated rings. The van der Waals surface area contributed by atoms with Gasteiger partial charge in [-0.25, -0.2) is 4.98 Å². The molecule has 1 aromatic rings. The highest BCUT2D eigenvalue weighted by molar-refractivity contribution is 5.81. The van der Waals surface area contributed by atoms with Crippen molar-refractivity contribution in [3.8, 4) is 5.88 Å². The van der Waals surface area contributed by atoms with E-state index in [1.807, 2.05) is 37.8 Å². The Balaban J connectivity index is 2.48. The average Bonchev–Trinajstić information content (AvgIpc) is 2.46. The maximum absolute atomic E-state index is 12.1. The third-order valence-electron chi connectivity index (χ3n) is 3.06. The lowest BCUT2D eigenvalue weighted by Gasteiger charge is -2.23. The van der Waals surface area contributed by atoms with E-state index in [2.05, 4.69) is 10.3 Å². The van der Waals surface area contributed by atoms with Gasteiger partial charge in [0.1, 0.15) is 0 Å². The van der Waals surface area contributed by atoms with Gasteiger partial charge in [0.2, 0.25) is 11.8 Å². The molecule has 5 nitrogen and oxygen atoms in total. The van der Waals surface area contributed by atoms with E-state index in [1.165, 1.54) is 0 Å². The van der Waals surface area contributed by atoms with Crippen LogP contribution in [0.5, 0.6) is 5.88 Å². The molecule has 1 amide bonds. The lowest BCUT2D eigenvalue weighted by atomic mass is 10.2. The Hall–Kier alpha value is -1.62. The minimum Gasteiger partial charge on any atom is -0.481 e. The number of ether oxygens (including phenoxy) is 1. The molecule has 0 spiro atoms. The number of aromatic nitrogens is 1. The molecule has 0 bridgehead atoms. The smallest absolute Gasteiger partial charge is 0.239 e. The standard InChI is InChI=1S/C14H23N3O2/c1-5-17(6-2)14(18)11(3)15-9-12-7-8-13(19-4)16-10-12/h7-8,10-11,15H,5-6,9H2,1-4H3. The monoisotopic (exact) mass is 265 g/mol. The summed E-state index contributed by atoms with van der Waals surface area (Å²) < 4.78 is 5.00. The Morgan fingerprint density at radius 2 is 2.11 bits per heavy atom. The van der Waals surface area contributed by atoms with E-state index in [1.54, 1.807) is 13.3 Å². The van der Waals surface area contributed by atoms with E-state index >= 15 is 0 Å². The molecule has 1 N–H and O–H groups in total. The maximum Gasteiger partial charge on any atom is 0.239 e. The molecule has 5 heteroatoms. The zero-order valence-corrected chi connectivity index (χ0v) is 12.1. The number of pyridine rings is 1. The molecule has 0 saturated heterocycles. The van der Waals surface area contributed by atoms with Crippen molar-refractivity contribution < 1.29 is 9.53 Å². The fourth-order valence-electron chi connectivity index (χ4n) is 1.80. The number of methoxy groups -OCH3 is 1. The van der Waals surface area contributed by atoms with Crippen molar-refractivity contribution in [3.05, 3.63) is 23.9 Å². The van der Waals surface area contributed by atoms with Crippen LogP contribution in [-0.4, -0.2) is 42.0 Å². The van der Waals surface area contributed by atoms with Gasteiger partial charge in [-0.15, -0.1) is 0 Å². The summed E-state index contributed by atoms with van der Waals surface area (Å²) in [4.78, 5) is 18.0. The maximum atomic E-state index is 12.1. The van der Waals surface area contributed by atoms with Gasteiger partial charge in [0, 0.05) is 31.9 Å². The third-order valence-corrected chi connectivity index (χ3v) is 3.06. The molecule has 1 atom stereocenters. The SMILES string of the molecule is CCN(CC)C(=O)C(C)NCc1ccc(OC)nc1. The number of hydrogen-bond acceptors (Lipinski definition) is 4. The Morgan fingerprint density at radius 1 is 1.42 bits per heavy atom. The Labute approximate surface area is 115 Å². The van der Waals surface area contributed by atoms with Gasteiger partial charge in [-0.05, 0) is 26.3 Å². The zero-order chi connectivity index (χ0) is 14.3. The van der Waals surface area contributed by atoms with E-state index < -0.39 is 0 Å². The van der Waals surface area contributed by atoms with Gasteiger partial charge in [-0.1, -0.05) is 6.07 Å². The predicted molar refractivity (Wildman–Crippen MR) is 75.0 cm³/mol. The van der Waals surface area contributed by atoms with Crippen molar-refractivity contribution in [1.29, 1.82) is 0 Å². The summed E-state index contributed by atoms with van der Waals surface area (Å²) in [6, 6.07) is 3.56. The van der Waals surface area contributed by atoms with E-state index in [0.29, 0.717) is 12.4 Å². The van der Waals surface area contributed by atoms with Gasteiger partial charge in [-0.3, -0.25) is 4.79 Å². The molecule has 1 heterocycles. The van der Waals surface area contributed by atoms with Gasteiger partial charge >= 0.3 is 0 Å². The second-order valence-electron chi connectivity index (χ2n) is 4.32. The van der Waals surface area contributed by atoms with E-state index in [9.17, 15) is 4.79 Å². The molecule has 0 aromatic carbocycles. The van der Waals surface area contributed by atoms with Crippen molar-refractivity contribution in [3.63, 3.8) is 0 Å². The van der Waals surface area contributed by atoms with Gasteiger partial charge in [0.05, 0.1) is 13.2 Å². The summed E-state index contributed by atoms with van der Waals surface area (Å²) in [5.74, 6) is 0.725. The summed E-state index contributed by atoms with van der Waals surface area (Å²) in [5, 5.41) is 3.21. The fourth-order valence-corrected chi connectivity index (χ4v) is 1.80. The first kappa shape index (κ1) is 15.4. The van der Waals surface area contributed by atoms with Gasteiger partial charge in [0.25, 0.3) is 0 Å². The normalized spacial score (nSPS) is 12.0. The quantitative estimate of drug-likeness (QED) is 0.810. The average molecular weight is 265 g/mol. The van der Waals surface area contributed by atoms with Crippen molar-refractivity contribution in [2.75, 3.05) is 20.2 Å². The van der Waals surface area contributed by atoms with Gasteiger partial charge in [-0.2, -0.15) is 0 Å².